The Balaban J connectivity index is 2.19. The Morgan fingerprint density at radius 2 is 1.76 bits per heavy atom. The van der Waals surface area contributed by atoms with Gasteiger partial charge < -0.3 is 4.74 Å². The maximum atomic E-state index is 11.6. The molecule has 2 nitrogen and oxygen atoms in total. The lowest BCUT2D eigenvalue weighted by molar-refractivity contribution is 0.0606. The Morgan fingerprint density at radius 1 is 1.10 bits per heavy atom. The van der Waals surface area contributed by atoms with Crippen LogP contribution in [0.15, 0.2) is 35.7 Å². The topological polar surface area (TPSA) is 26.3 Å². The molecule has 0 aliphatic carbocycles. The lowest BCUT2D eigenvalue weighted by Gasteiger charge is -2.18. The number of esters is 1. The van der Waals surface area contributed by atoms with E-state index >= 15 is 0 Å². The van der Waals surface area contributed by atoms with Gasteiger partial charge >= 0.3 is 5.97 Å². The van der Waals surface area contributed by atoms with E-state index in [1.54, 1.807) is 0 Å². The van der Waals surface area contributed by atoms with E-state index in [0.29, 0.717) is 4.88 Å². The summed E-state index contributed by atoms with van der Waals surface area (Å²) in [6.07, 6.45) is 3.97. The average Bonchev–Trinajstić information content (AvgIpc) is 2.92. The molecule has 21 heavy (non-hydrogen) atoms. The van der Waals surface area contributed by atoms with Gasteiger partial charge in [0.15, 0.2) is 0 Å². The second kappa shape index (κ2) is 6.27. The maximum Gasteiger partial charge on any atom is 0.348 e. The molecule has 1 heterocycles. The molecule has 0 N–H and O–H groups in total. The third-order valence-corrected chi connectivity index (χ3v) is 4.21. The van der Waals surface area contributed by atoms with Crippen molar-refractivity contribution in [3.63, 3.8) is 0 Å². The fraction of sp³-hybridized carbons (Fsp3) is 0.278. The smallest absolute Gasteiger partial charge is 0.348 e. The lowest BCUT2D eigenvalue weighted by atomic mass is 9.87. The number of hydrogen-bond acceptors (Lipinski definition) is 3. The van der Waals surface area contributed by atoms with Gasteiger partial charge in [-0.15, -0.1) is 11.3 Å². The molecule has 2 aromatic rings. The number of hydrogen-bond donors (Lipinski definition) is 0. The third kappa shape index (κ3) is 3.82. The standard InChI is InChI=1S/C18H20O2S/c1-18(2,3)15-9-6-13(7-10-15)5-8-14-11-12-21-16(14)17(19)20-4/h5-12H,1-4H3/b8-5+. The summed E-state index contributed by atoms with van der Waals surface area (Å²) in [5.74, 6) is -0.285. The number of ether oxygens (including phenoxy) is 1. The Labute approximate surface area is 130 Å². The summed E-state index contributed by atoms with van der Waals surface area (Å²) in [6, 6.07) is 10.4. The van der Waals surface area contributed by atoms with Crippen molar-refractivity contribution in [1.82, 2.24) is 0 Å². The van der Waals surface area contributed by atoms with E-state index < -0.39 is 0 Å². The van der Waals surface area contributed by atoms with Crippen LogP contribution in [0.4, 0.5) is 0 Å². The molecule has 0 saturated heterocycles. The summed E-state index contributed by atoms with van der Waals surface area (Å²) in [5, 5.41) is 1.90. The molecule has 0 saturated carbocycles. The first kappa shape index (κ1) is 15.5. The monoisotopic (exact) mass is 300 g/mol. The van der Waals surface area contributed by atoms with Crippen LogP contribution in [0, 0.1) is 0 Å². The molecule has 3 heteroatoms. The Bertz CT molecular complexity index is 643. The Morgan fingerprint density at radius 3 is 2.33 bits per heavy atom. The molecule has 0 atom stereocenters. The van der Waals surface area contributed by atoms with Gasteiger partial charge in [0.05, 0.1) is 7.11 Å². The molecule has 0 fully saturated rings. The first-order chi connectivity index (χ1) is 9.91. The van der Waals surface area contributed by atoms with E-state index in [4.69, 9.17) is 4.74 Å². The van der Waals surface area contributed by atoms with Crippen LogP contribution in [-0.4, -0.2) is 13.1 Å². The van der Waals surface area contributed by atoms with Gasteiger partial charge in [0, 0.05) is 0 Å². The van der Waals surface area contributed by atoms with Crippen molar-refractivity contribution in [2.24, 2.45) is 0 Å². The zero-order valence-corrected chi connectivity index (χ0v) is 13.7. The van der Waals surface area contributed by atoms with Crippen LogP contribution in [0.3, 0.4) is 0 Å². The molecule has 1 aromatic heterocycles. The predicted molar refractivity (Wildman–Crippen MR) is 89.7 cm³/mol. The molecule has 0 bridgehead atoms. The highest BCUT2D eigenvalue weighted by Gasteiger charge is 2.13. The molecule has 0 unspecified atom stereocenters. The number of carbonyl (C=O) groups excluding carboxylic acids is 1. The molecule has 1 aromatic carbocycles. The van der Waals surface area contributed by atoms with Gasteiger partial charge in [-0.05, 0) is 33.6 Å². The van der Waals surface area contributed by atoms with E-state index in [1.165, 1.54) is 24.0 Å². The van der Waals surface area contributed by atoms with Crippen LogP contribution < -0.4 is 0 Å². The molecule has 110 valence electrons. The third-order valence-electron chi connectivity index (χ3n) is 3.30. The van der Waals surface area contributed by atoms with E-state index in [9.17, 15) is 4.79 Å². The predicted octanol–water partition coefficient (Wildman–Crippen LogP) is 5.00. The zero-order chi connectivity index (χ0) is 15.5. The lowest BCUT2D eigenvalue weighted by Crippen LogP contribution is -2.10. The van der Waals surface area contributed by atoms with Crippen LogP contribution in [0.5, 0.6) is 0 Å². The van der Waals surface area contributed by atoms with Crippen LogP contribution in [0.1, 0.15) is 47.1 Å². The van der Waals surface area contributed by atoms with Gasteiger partial charge in [0.25, 0.3) is 0 Å². The van der Waals surface area contributed by atoms with Gasteiger partial charge in [-0.2, -0.15) is 0 Å². The summed E-state index contributed by atoms with van der Waals surface area (Å²) in [4.78, 5) is 12.3. The molecule has 2 rings (SSSR count). The van der Waals surface area contributed by atoms with Crippen molar-refractivity contribution in [3.8, 4) is 0 Å². The molecule has 0 aliphatic rings. The van der Waals surface area contributed by atoms with Crippen molar-refractivity contribution in [1.29, 1.82) is 0 Å². The fourth-order valence-corrected chi connectivity index (χ4v) is 2.79. The molecular weight excluding hydrogens is 280 g/mol. The van der Waals surface area contributed by atoms with Crippen molar-refractivity contribution in [3.05, 3.63) is 57.3 Å². The number of benzene rings is 1. The van der Waals surface area contributed by atoms with Crippen molar-refractivity contribution >= 4 is 29.5 Å². The van der Waals surface area contributed by atoms with Crippen LogP contribution in [-0.2, 0) is 10.2 Å². The van der Waals surface area contributed by atoms with Gasteiger partial charge in [-0.3, -0.25) is 0 Å². The van der Waals surface area contributed by atoms with E-state index in [0.717, 1.165) is 11.1 Å². The van der Waals surface area contributed by atoms with Crippen molar-refractivity contribution in [2.45, 2.75) is 26.2 Å². The summed E-state index contributed by atoms with van der Waals surface area (Å²) in [7, 11) is 1.40. The van der Waals surface area contributed by atoms with Crippen molar-refractivity contribution in [2.75, 3.05) is 7.11 Å². The first-order valence-corrected chi connectivity index (χ1v) is 7.74. The highest BCUT2D eigenvalue weighted by atomic mass is 32.1. The maximum absolute atomic E-state index is 11.6. The highest BCUT2D eigenvalue weighted by Crippen LogP contribution is 2.24. The first-order valence-electron chi connectivity index (χ1n) is 6.86. The minimum atomic E-state index is -0.285. The second-order valence-electron chi connectivity index (χ2n) is 5.90. The minimum Gasteiger partial charge on any atom is -0.465 e. The Hall–Kier alpha value is -1.87. The number of thiophene rings is 1. The fourth-order valence-electron chi connectivity index (χ4n) is 1.99. The highest BCUT2D eigenvalue weighted by molar-refractivity contribution is 7.12. The summed E-state index contributed by atoms with van der Waals surface area (Å²) >= 11 is 1.40. The normalized spacial score (nSPS) is 11.8. The number of rotatable bonds is 3. The second-order valence-corrected chi connectivity index (χ2v) is 6.82. The zero-order valence-electron chi connectivity index (χ0n) is 12.8. The van der Waals surface area contributed by atoms with Crippen LogP contribution >= 0.6 is 11.3 Å². The van der Waals surface area contributed by atoms with Gasteiger partial charge in [0.2, 0.25) is 0 Å². The summed E-state index contributed by atoms with van der Waals surface area (Å²) < 4.78 is 4.78. The number of carbonyl (C=O) groups is 1. The molecule has 0 radical (unpaired) electrons. The number of methoxy groups -OCH3 is 1. The minimum absolute atomic E-state index is 0.160. The SMILES string of the molecule is COC(=O)c1sccc1/C=C/c1ccc(C(C)(C)C)cc1. The molecular formula is C18H20O2S. The Kier molecular flexibility index (Phi) is 4.63. The van der Waals surface area contributed by atoms with Gasteiger partial charge in [0.1, 0.15) is 4.88 Å². The van der Waals surface area contributed by atoms with E-state index in [1.807, 2.05) is 23.6 Å². The van der Waals surface area contributed by atoms with Crippen LogP contribution in [0.2, 0.25) is 0 Å². The van der Waals surface area contributed by atoms with E-state index in [2.05, 4.69) is 45.0 Å². The summed E-state index contributed by atoms with van der Waals surface area (Å²) in [6.45, 7) is 6.60. The molecule has 0 aliphatic heterocycles. The average molecular weight is 300 g/mol. The van der Waals surface area contributed by atoms with Crippen LogP contribution in [0.25, 0.3) is 12.2 Å². The summed E-state index contributed by atoms with van der Waals surface area (Å²) in [5.41, 5.74) is 3.48. The van der Waals surface area contributed by atoms with E-state index in [-0.39, 0.29) is 11.4 Å². The molecule has 0 spiro atoms. The van der Waals surface area contributed by atoms with Gasteiger partial charge in [-0.1, -0.05) is 57.2 Å². The quantitative estimate of drug-likeness (QED) is 0.745. The van der Waals surface area contributed by atoms with Gasteiger partial charge in [-0.25, -0.2) is 4.79 Å². The largest absolute Gasteiger partial charge is 0.465 e. The van der Waals surface area contributed by atoms with Crippen molar-refractivity contribution < 1.29 is 9.53 Å². The molecule has 0 amide bonds.